The first-order chi connectivity index (χ1) is 8.95. The minimum absolute atomic E-state index is 0.0500. The van der Waals surface area contributed by atoms with Crippen LogP contribution in [0.4, 0.5) is 15.8 Å². The molecule has 1 aromatic carbocycles. The third-order valence-corrected chi connectivity index (χ3v) is 4.09. The van der Waals surface area contributed by atoms with Crippen LogP contribution < -0.4 is 11.1 Å². The Morgan fingerprint density at radius 2 is 2.26 bits per heavy atom. The summed E-state index contributed by atoms with van der Waals surface area (Å²) in [5.41, 5.74) is 5.72. The largest absolute Gasteiger partial charge is 0.396 e. The molecule has 0 radical (unpaired) electrons. The van der Waals surface area contributed by atoms with Crippen LogP contribution >= 0.6 is 0 Å². The van der Waals surface area contributed by atoms with E-state index in [9.17, 15) is 13.4 Å². The van der Waals surface area contributed by atoms with Gasteiger partial charge in [-0.3, -0.25) is 9.00 Å². The summed E-state index contributed by atoms with van der Waals surface area (Å²) in [6.45, 7) is 1.89. The Balaban J connectivity index is 2.63. The molecule has 0 bridgehead atoms. The van der Waals surface area contributed by atoms with Crippen LogP contribution in [0.5, 0.6) is 0 Å². The summed E-state index contributed by atoms with van der Waals surface area (Å²) < 4.78 is 29.5. The Morgan fingerprint density at radius 3 is 2.84 bits per heavy atom. The number of methoxy groups -OCH3 is 1. The summed E-state index contributed by atoms with van der Waals surface area (Å²) in [7, 11) is 0.183. The smallest absolute Gasteiger partial charge is 0.239 e. The van der Waals surface area contributed by atoms with Crippen LogP contribution in [-0.4, -0.2) is 34.8 Å². The second kappa shape index (κ2) is 7.20. The van der Waals surface area contributed by atoms with Gasteiger partial charge in [0.25, 0.3) is 0 Å². The predicted octanol–water partition coefficient (Wildman–Crippen LogP) is 1.13. The van der Waals surface area contributed by atoms with Crippen molar-refractivity contribution in [1.82, 2.24) is 0 Å². The second-order valence-electron chi connectivity index (χ2n) is 3.95. The SMILES string of the molecule is COCCS(=O)C(C)C(=O)Nc1ccc(F)c(N)c1. The van der Waals surface area contributed by atoms with E-state index in [-0.39, 0.29) is 11.4 Å². The van der Waals surface area contributed by atoms with Crippen molar-refractivity contribution in [3.63, 3.8) is 0 Å². The van der Waals surface area contributed by atoms with Gasteiger partial charge in [0.2, 0.25) is 5.91 Å². The molecule has 0 fully saturated rings. The molecule has 0 aliphatic heterocycles. The summed E-state index contributed by atoms with van der Waals surface area (Å²) in [4.78, 5) is 11.8. The number of amides is 1. The van der Waals surface area contributed by atoms with E-state index in [1.807, 2.05) is 0 Å². The van der Waals surface area contributed by atoms with E-state index in [4.69, 9.17) is 10.5 Å². The molecule has 2 atom stereocenters. The molecule has 0 aliphatic carbocycles. The van der Waals surface area contributed by atoms with E-state index in [0.717, 1.165) is 6.07 Å². The van der Waals surface area contributed by atoms with Crippen LogP contribution in [0.25, 0.3) is 0 Å². The Kier molecular flexibility index (Phi) is 5.91. The fourth-order valence-corrected chi connectivity index (χ4v) is 2.31. The number of nitrogens with one attached hydrogen (secondary N) is 1. The number of carbonyl (C=O) groups is 1. The normalized spacial score (nSPS) is 13.8. The number of rotatable bonds is 6. The summed E-state index contributed by atoms with van der Waals surface area (Å²) in [5.74, 6) is -0.661. The number of ether oxygens (including phenoxy) is 1. The van der Waals surface area contributed by atoms with Gasteiger partial charge in [-0.15, -0.1) is 0 Å². The zero-order valence-electron chi connectivity index (χ0n) is 10.8. The number of nitrogens with two attached hydrogens (primary N) is 1. The predicted molar refractivity (Wildman–Crippen MR) is 73.8 cm³/mol. The van der Waals surface area contributed by atoms with E-state index in [1.54, 1.807) is 6.92 Å². The average Bonchev–Trinajstić information content (AvgIpc) is 2.39. The van der Waals surface area contributed by atoms with Gasteiger partial charge in [0.1, 0.15) is 11.1 Å². The highest BCUT2D eigenvalue weighted by Gasteiger charge is 2.19. The number of anilines is 2. The lowest BCUT2D eigenvalue weighted by molar-refractivity contribution is -0.115. The molecule has 1 amide bonds. The van der Waals surface area contributed by atoms with Gasteiger partial charge in [0, 0.05) is 29.3 Å². The van der Waals surface area contributed by atoms with Crippen LogP contribution in [0.2, 0.25) is 0 Å². The summed E-state index contributed by atoms with van der Waals surface area (Å²) in [5, 5.41) is 1.87. The van der Waals surface area contributed by atoms with Crippen molar-refractivity contribution < 1.29 is 18.1 Å². The molecule has 0 aromatic heterocycles. The molecule has 0 saturated heterocycles. The van der Waals surface area contributed by atoms with Crippen LogP contribution in [0.15, 0.2) is 18.2 Å². The van der Waals surface area contributed by atoms with E-state index in [0.29, 0.717) is 12.3 Å². The van der Waals surface area contributed by atoms with Gasteiger partial charge in [0.05, 0.1) is 12.3 Å². The lowest BCUT2D eigenvalue weighted by Crippen LogP contribution is -2.31. The maximum atomic E-state index is 13.0. The monoisotopic (exact) mass is 288 g/mol. The summed E-state index contributed by atoms with van der Waals surface area (Å²) in [6.07, 6.45) is 0. The molecule has 1 aromatic rings. The molecule has 5 nitrogen and oxygen atoms in total. The molecule has 106 valence electrons. The summed E-state index contributed by atoms with van der Waals surface area (Å²) in [6, 6.07) is 3.88. The molecule has 0 spiro atoms. The average molecular weight is 288 g/mol. The fourth-order valence-electron chi connectivity index (χ4n) is 1.33. The van der Waals surface area contributed by atoms with Crippen molar-refractivity contribution in [2.45, 2.75) is 12.2 Å². The molecule has 19 heavy (non-hydrogen) atoms. The van der Waals surface area contributed by atoms with Crippen LogP contribution in [0, 0.1) is 5.82 Å². The molecular weight excluding hydrogens is 271 g/mol. The van der Waals surface area contributed by atoms with Crippen molar-refractivity contribution in [3.8, 4) is 0 Å². The molecule has 0 heterocycles. The first kappa shape index (κ1) is 15.6. The molecule has 0 aliphatic rings. The zero-order chi connectivity index (χ0) is 14.4. The maximum Gasteiger partial charge on any atom is 0.239 e. The van der Waals surface area contributed by atoms with Crippen LogP contribution in [0.3, 0.4) is 0 Å². The first-order valence-electron chi connectivity index (χ1n) is 5.67. The lowest BCUT2D eigenvalue weighted by atomic mass is 10.2. The Morgan fingerprint density at radius 1 is 1.58 bits per heavy atom. The van der Waals surface area contributed by atoms with E-state index >= 15 is 0 Å². The maximum absolute atomic E-state index is 13.0. The van der Waals surface area contributed by atoms with E-state index < -0.39 is 27.8 Å². The third kappa shape index (κ3) is 4.60. The topological polar surface area (TPSA) is 81.4 Å². The highest BCUT2D eigenvalue weighted by atomic mass is 32.2. The first-order valence-corrected chi connectivity index (χ1v) is 7.06. The number of carbonyl (C=O) groups excluding carboxylic acids is 1. The van der Waals surface area contributed by atoms with Gasteiger partial charge in [-0.05, 0) is 25.1 Å². The Bertz CT molecular complexity index is 482. The van der Waals surface area contributed by atoms with Crippen molar-refractivity contribution in [1.29, 1.82) is 0 Å². The molecule has 2 unspecified atom stereocenters. The second-order valence-corrected chi connectivity index (χ2v) is 5.82. The highest BCUT2D eigenvalue weighted by molar-refractivity contribution is 7.86. The van der Waals surface area contributed by atoms with Crippen molar-refractivity contribution in [2.24, 2.45) is 0 Å². The van der Waals surface area contributed by atoms with Gasteiger partial charge in [-0.1, -0.05) is 0 Å². The third-order valence-electron chi connectivity index (χ3n) is 2.52. The highest BCUT2D eigenvalue weighted by Crippen LogP contribution is 2.16. The number of hydrogen-bond donors (Lipinski definition) is 2. The quantitative estimate of drug-likeness (QED) is 0.769. The van der Waals surface area contributed by atoms with Gasteiger partial charge in [-0.2, -0.15) is 0 Å². The van der Waals surface area contributed by atoms with Gasteiger partial charge in [0.15, 0.2) is 0 Å². The van der Waals surface area contributed by atoms with Crippen molar-refractivity contribution in [2.75, 3.05) is 30.5 Å². The van der Waals surface area contributed by atoms with Crippen molar-refractivity contribution in [3.05, 3.63) is 24.0 Å². The molecule has 7 heteroatoms. The molecular formula is C12H17FN2O3S. The van der Waals surface area contributed by atoms with Gasteiger partial charge >= 0.3 is 0 Å². The minimum atomic E-state index is -1.32. The number of nitrogen functional groups attached to an aromatic ring is 1. The van der Waals surface area contributed by atoms with Crippen LogP contribution in [0.1, 0.15) is 6.92 Å². The molecule has 0 saturated carbocycles. The standard InChI is InChI=1S/C12H17FN2O3S/c1-8(19(17)6-5-18-2)12(16)15-9-3-4-10(13)11(14)7-9/h3-4,7-8H,5-6,14H2,1-2H3,(H,15,16). The van der Waals surface area contributed by atoms with Crippen LogP contribution in [-0.2, 0) is 20.3 Å². The fraction of sp³-hybridized carbons (Fsp3) is 0.417. The van der Waals surface area contributed by atoms with Gasteiger partial charge < -0.3 is 15.8 Å². The number of benzene rings is 1. The Labute approximate surface area is 113 Å². The number of halogens is 1. The summed E-state index contributed by atoms with van der Waals surface area (Å²) >= 11 is 0. The molecule has 1 rings (SSSR count). The van der Waals surface area contributed by atoms with Gasteiger partial charge in [-0.25, -0.2) is 4.39 Å². The lowest BCUT2D eigenvalue weighted by Gasteiger charge is -2.12. The Hall–Kier alpha value is -1.47. The molecule has 3 N–H and O–H groups in total. The minimum Gasteiger partial charge on any atom is -0.396 e. The van der Waals surface area contributed by atoms with E-state index in [1.165, 1.54) is 19.2 Å². The van der Waals surface area contributed by atoms with E-state index in [2.05, 4.69) is 5.32 Å². The number of hydrogen-bond acceptors (Lipinski definition) is 4. The zero-order valence-corrected chi connectivity index (χ0v) is 11.6. The van der Waals surface area contributed by atoms with Crippen molar-refractivity contribution >= 4 is 28.1 Å².